The molecule has 2 atom stereocenters. The van der Waals surface area contributed by atoms with Gasteiger partial charge in [0, 0.05) is 22.3 Å². The molecule has 1 aliphatic rings. The number of morpholine rings is 1. The molecule has 1 saturated heterocycles. The summed E-state index contributed by atoms with van der Waals surface area (Å²) in [6.07, 6.45) is 0.227. The first-order valence-corrected chi connectivity index (χ1v) is 7.97. The van der Waals surface area contributed by atoms with Gasteiger partial charge in [-0.3, -0.25) is 4.79 Å². The number of nitrogens with zero attached hydrogens (tertiary/aromatic N) is 1. The van der Waals surface area contributed by atoms with Crippen LogP contribution in [0, 0.1) is 10.5 Å². The van der Waals surface area contributed by atoms with Gasteiger partial charge in [0.1, 0.15) is 0 Å². The van der Waals surface area contributed by atoms with Crippen LogP contribution in [0.4, 0.5) is 5.69 Å². The maximum Gasteiger partial charge on any atom is 0.242 e. The largest absolute Gasteiger partial charge is 0.376 e. The minimum absolute atomic E-state index is 0.114. The molecule has 0 radical (unpaired) electrons. The van der Waals surface area contributed by atoms with Crippen molar-refractivity contribution < 1.29 is 9.53 Å². The van der Waals surface area contributed by atoms with Crippen molar-refractivity contribution in [3.63, 3.8) is 0 Å². The Kier molecular flexibility index (Phi) is 5.26. The summed E-state index contributed by atoms with van der Waals surface area (Å²) in [5.41, 5.74) is 2.18. The standard InChI is InChI=1S/C15H21IN2O2/c1-10-6-13(16)4-5-14(10)17-7-15(19)18-8-11(2)20-12(3)9-18/h4-6,11-12,17H,7-9H2,1-3H3/t11-,12-/m1/s1. The van der Waals surface area contributed by atoms with Crippen LogP contribution in [0.5, 0.6) is 0 Å². The van der Waals surface area contributed by atoms with Crippen molar-refractivity contribution in [2.75, 3.05) is 25.0 Å². The first-order chi connectivity index (χ1) is 9.45. The summed E-state index contributed by atoms with van der Waals surface area (Å²) >= 11 is 2.29. The molecule has 1 aromatic rings. The minimum Gasteiger partial charge on any atom is -0.376 e. The predicted molar refractivity (Wildman–Crippen MR) is 89.0 cm³/mol. The van der Waals surface area contributed by atoms with Crippen LogP contribution in [0.2, 0.25) is 0 Å². The van der Waals surface area contributed by atoms with Crippen LogP contribution in [0.3, 0.4) is 0 Å². The van der Waals surface area contributed by atoms with Crippen molar-refractivity contribution in [2.24, 2.45) is 0 Å². The van der Waals surface area contributed by atoms with Crippen molar-refractivity contribution in [1.29, 1.82) is 0 Å². The van der Waals surface area contributed by atoms with Gasteiger partial charge < -0.3 is 15.0 Å². The molecule has 110 valence electrons. The summed E-state index contributed by atoms with van der Waals surface area (Å²) in [6, 6.07) is 6.17. The summed E-state index contributed by atoms with van der Waals surface area (Å²) in [6.45, 7) is 7.75. The Morgan fingerprint density at radius 1 is 1.40 bits per heavy atom. The number of amides is 1. The smallest absolute Gasteiger partial charge is 0.242 e. The van der Waals surface area contributed by atoms with E-state index in [1.54, 1.807) is 0 Å². The van der Waals surface area contributed by atoms with E-state index in [4.69, 9.17) is 4.74 Å². The van der Waals surface area contributed by atoms with E-state index in [2.05, 4.69) is 34.0 Å². The molecule has 0 saturated carbocycles. The molecule has 1 aliphatic heterocycles. The normalized spacial score (nSPS) is 22.7. The lowest BCUT2D eigenvalue weighted by Crippen LogP contribution is -2.49. The molecule has 1 N–H and O–H groups in total. The van der Waals surface area contributed by atoms with Gasteiger partial charge in [0.05, 0.1) is 18.8 Å². The summed E-state index contributed by atoms with van der Waals surface area (Å²) in [5, 5.41) is 3.23. The van der Waals surface area contributed by atoms with Crippen molar-refractivity contribution >= 4 is 34.2 Å². The van der Waals surface area contributed by atoms with Crippen molar-refractivity contribution in [1.82, 2.24) is 4.90 Å². The Bertz CT molecular complexity index is 483. The number of anilines is 1. The maximum absolute atomic E-state index is 12.2. The lowest BCUT2D eigenvalue weighted by Gasteiger charge is -2.35. The molecule has 20 heavy (non-hydrogen) atoms. The highest BCUT2D eigenvalue weighted by atomic mass is 127. The van der Waals surface area contributed by atoms with Crippen LogP contribution in [-0.4, -0.2) is 42.6 Å². The Morgan fingerprint density at radius 3 is 2.65 bits per heavy atom. The molecule has 2 rings (SSSR count). The average Bonchev–Trinajstić information content (AvgIpc) is 2.36. The van der Waals surface area contributed by atoms with Crippen LogP contribution >= 0.6 is 22.6 Å². The summed E-state index contributed by atoms with van der Waals surface area (Å²) in [7, 11) is 0. The fraction of sp³-hybridized carbons (Fsp3) is 0.533. The number of nitrogens with one attached hydrogen (secondary N) is 1. The highest BCUT2D eigenvalue weighted by Gasteiger charge is 2.25. The minimum atomic E-state index is 0.114. The highest BCUT2D eigenvalue weighted by molar-refractivity contribution is 14.1. The van der Waals surface area contributed by atoms with E-state index >= 15 is 0 Å². The number of hydrogen-bond donors (Lipinski definition) is 1. The second kappa shape index (κ2) is 6.76. The molecule has 1 aromatic carbocycles. The van der Waals surface area contributed by atoms with E-state index in [1.165, 1.54) is 3.57 Å². The van der Waals surface area contributed by atoms with Gasteiger partial charge >= 0.3 is 0 Å². The number of rotatable bonds is 3. The van der Waals surface area contributed by atoms with Gasteiger partial charge in [-0.05, 0) is 67.1 Å². The maximum atomic E-state index is 12.2. The molecule has 1 heterocycles. The lowest BCUT2D eigenvalue weighted by atomic mass is 10.2. The molecule has 1 amide bonds. The molecule has 0 unspecified atom stereocenters. The predicted octanol–water partition coefficient (Wildman–Crippen LogP) is 2.65. The van der Waals surface area contributed by atoms with Crippen LogP contribution in [-0.2, 0) is 9.53 Å². The Labute approximate surface area is 134 Å². The van der Waals surface area contributed by atoms with E-state index in [0.29, 0.717) is 19.6 Å². The van der Waals surface area contributed by atoms with Gasteiger partial charge in [-0.2, -0.15) is 0 Å². The van der Waals surface area contributed by atoms with Crippen molar-refractivity contribution in [3.05, 3.63) is 27.3 Å². The van der Waals surface area contributed by atoms with Gasteiger partial charge in [-0.15, -0.1) is 0 Å². The number of halogens is 1. The molecule has 1 fully saturated rings. The molecule has 0 aromatic heterocycles. The van der Waals surface area contributed by atoms with Gasteiger partial charge in [0.2, 0.25) is 5.91 Å². The molecule has 4 nitrogen and oxygen atoms in total. The molecule has 5 heteroatoms. The lowest BCUT2D eigenvalue weighted by molar-refractivity contribution is -0.141. The zero-order valence-electron chi connectivity index (χ0n) is 12.1. The first kappa shape index (κ1) is 15.6. The van der Waals surface area contributed by atoms with E-state index in [1.807, 2.05) is 37.8 Å². The number of aryl methyl sites for hydroxylation is 1. The van der Waals surface area contributed by atoms with Crippen LogP contribution < -0.4 is 5.32 Å². The van der Waals surface area contributed by atoms with E-state index in [9.17, 15) is 4.79 Å². The Balaban J connectivity index is 1.91. The molecular weight excluding hydrogens is 367 g/mol. The van der Waals surface area contributed by atoms with E-state index in [0.717, 1.165) is 11.3 Å². The fourth-order valence-electron chi connectivity index (χ4n) is 2.49. The molecule has 0 bridgehead atoms. The number of carbonyl (C=O) groups excluding carboxylic acids is 1. The van der Waals surface area contributed by atoms with Crippen LogP contribution in [0.25, 0.3) is 0 Å². The zero-order chi connectivity index (χ0) is 14.7. The van der Waals surface area contributed by atoms with Crippen LogP contribution in [0.1, 0.15) is 19.4 Å². The second-order valence-corrected chi connectivity index (χ2v) is 6.61. The number of benzene rings is 1. The highest BCUT2D eigenvalue weighted by Crippen LogP contribution is 2.18. The number of ether oxygens (including phenoxy) is 1. The van der Waals surface area contributed by atoms with Crippen molar-refractivity contribution in [3.8, 4) is 0 Å². The second-order valence-electron chi connectivity index (χ2n) is 5.37. The quantitative estimate of drug-likeness (QED) is 0.810. The number of carbonyl (C=O) groups is 1. The van der Waals surface area contributed by atoms with E-state index < -0.39 is 0 Å². The van der Waals surface area contributed by atoms with Crippen molar-refractivity contribution in [2.45, 2.75) is 33.0 Å². The van der Waals surface area contributed by atoms with Crippen LogP contribution in [0.15, 0.2) is 18.2 Å². The van der Waals surface area contributed by atoms with Gasteiger partial charge in [0.15, 0.2) is 0 Å². The third kappa shape index (κ3) is 4.09. The third-order valence-electron chi connectivity index (χ3n) is 3.39. The molecule has 0 aliphatic carbocycles. The monoisotopic (exact) mass is 388 g/mol. The average molecular weight is 388 g/mol. The fourth-order valence-corrected chi connectivity index (χ4v) is 3.14. The first-order valence-electron chi connectivity index (χ1n) is 6.89. The Hall–Kier alpha value is -0.820. The number of hydrogen-bond acceptors (Lipinski definition) is 3. The van der Waals surface area contributed by atoms with E-state index in [-0.39, 0.29) is 18.1 Å². The Morgan fingerprint density at radius 2 is 2.05 bits per heavy atom. The topological polar surface area (TPSA) is 41.6 Å². The summed E-state index contributed by atoms with van der Waals surface area (Å²) in [4.78, 5) is 14.1. The third-order valence-corrected chi connectivity index (χ3v) is 4.06. The summed E-state index contributed by atoms with van der Waals surface area (Å²) in [5.74, 6) is 0.130. The van der Waals surface area contributed by atoms with Gasteiger partial charge in [0.25, 0.3) is 0 Å². The molecule has 0 spiro atoms. The van der Waals surface area contributed by atoms with Gasteiger partial charge in [-0.1, -0.05) is 0 Å². The zero-order valence-corrected chi connectivity index (χ0v) is 14.3. The summed E-state index contributed by atoms with van der Waals surface area (Å²) < 4.78 is 6.85. The molecular formula is C15H21IN2O2. The van der Waals surface area contributed by atoms with Gasteiger partial charge in [-0.25, -0.2) is 0 Å². The SMILES string of the molecule is Cc1cc(I)ccc1NCC(=O)N1C[C@@H](C)O[C@H](C)C1.